The van der Waals surface area contributed by atoms with Gasteiger partial charge in [0.2, 0.25) is 0 Å². The maximum atomic E-state index is 10.6. The third kappa shape index (κ3) is 3.35. The molecule has 19 heavy (non-hydrogen) atoms. The van der Waals surface area contributed by atoms with Crippen molar-refractivity contribution in [3.63, 3.8) is 0 Å². The molecule has 0 saturated carbocycles. The molecule has 2 aromatic rings. The summed E-state index contributed by atoms with van der Waals surface area (Å²) in [5, 5.41) is 18.6. The van der Waals surface area contributed by atoms with Crippen LogP contribution >= 0.6 is 0 Å². The van der Waals surface area contributed by atoms with Crippen molar-refractivity contribution < 1.29 is 4.92 Å². The Labute approximate surface area is 110 Å². The zero-order valence-electron chi connectivity index (χ0n) is 10.4. The van der Waals surface area contributed by atoms with Gasteiger partial charge in [-0.2, -0.15) is 0 Å². The van der Waals surface area contributed by atoms with Gasteiger partial charge in [0.15, 0.2) is 0 Å². The number of aromatic nitrogens is 3. The molecule has 0 amide bonds. The molecule has 2 N–H and O–H groups in total. The summed E-state index contributed by atoms with van der Waals surface area (Å²) < 4.78 is 1.61. The molecule has 0 bridgehead atoms. The molecule has 1 aromatic heterocycles. The number of hydrogen-bond acceptors (Lipinski definition) is 5. The van der Waals surface area contributed by atoms with Crippen molar-refractivity contribution in [1.29, 1.82) is 0 Å². The van der Waals surface area contributed by atoms with E-state index < -0.39 is 4.92 Å². The second-order valence-electron chi connectivity index (χ2n) is 4.17. The van der Waals surface area contributed by atoms with Crippen molar-refractivity contribution in [3.05, 3.63) is 46.3 Å². The Bertz CT molecular complexity index is 550. The first kappa shape index (κ1) is 13.2. The molecular weight excluding hydrogens is 246 g/mol. The van der Waals surface area contributed by atoms with Crippen molar-refractivity contribution >= 4 is 5.69 Å². The van der Waals surface area contributed by atoms with Crippen molar-refractivity contribution in [2.24, 2.45) is 5.73 Å². The number of rotatable bonds is 6. The summed E-state index contributed by atoms with van der Waals surface area (Å²) in [5.41, 5.74) is 7.14. The van der Waals surface area contributed by atoms with Crippen LogP contribution in [-0.4, -0.2) is 26.5 Å². The lowest BCUT2D eigenvalue weighted by molar-refractivity contribution is -0.384. The number of benzene rings is 1. The Kier molecular flexibility index (Phi) is 4.19. The van der Waals surface area contributed by atoms with Gasteiger partial charge < -0.3 is 5.73 Å². The third-order valence-corrected chi connectivity index (χ3v) is 2.75. The Hall–Kier alpha value is -2.28. The van der Waals surface area contributed by atoms with E-state index in [1.165, 1.54) is 12.1 Å². The van der Waals surface area contributed by atoms with Crippen LogP contribution in [0.15, 0.2) is 30.5 Å². The quantitative estimate of drug-likeness (QED) is 0.482. The predicted molar refractivity (Wildman–Crippen MR) is 70.0 cm³/mol. The molecule has 7 heteroatoms. The first-order chi connectivity index (χ1) is 9.20. The second-order valence-corrected chi connectivity index (χ2v) is 4.17. The normalized spacial score (nSPS) is 10.6. The molecule has 2 rings (SSSR count). The minimum atomic E-state index is -0.427. The molecule has 1 heterocycles. The van der Waals surface area contributed by atoms with E-state index in [0.29, 0.717) is 6.54 Å². The largest absolute Gasteiger partial charge is 0.330 e. The first-order valence-electron chi connectivity index (χ1n) is 6.07. The topological polar surface area (TPSA) is 99.9 Å². The van der Waals surface area contributed by atoms with Crippen LogP contribution < -0.4 is 5.73 Å². The zero-order chi connectivity index (χ0) is 13.7. The fraction of sp³-hybridized carbons (Fsp3) is 0.333. The Morgan fingerprint density at radius 3 is 2.63 bits per heavy atom. The maximum Gasteiger partial charge on any atom is 0.269 e. The van der Waals surface area contributed by atoms with Crippen molar-refractivity contribution in [3.8, 4) is 5.69 Å². The van der Waals surface area contributed by atoms with Crippen LogP contribution in [0.2, 0.25) is 0 Å². The molecular formula is C12H15N5O2. The number of unbranched alkanes of at least 4 members (excludes halogenated alkanes) is 1. The molecule has 0 unspecified atom stereocenters. The third-order valence-electron chi connectivity index (χ3n) is 2.75. The standard InChI is InChI=1S/C12H15N5O2/c13-8-2-1-3-10-9-16(15-14-10)11-4-6-12(7-5-11)17(18)19/h4-7,9H,1-3,8,13H2. The second kappa shape index (κ2) is 6.05. The summed E-state index contributed by atoms with van der Waals surface area (Å²) in [4.78, 5) is 10.1. The molecule has 0 radical (unpaired) electrons. The minimum absolute atomic E-state index is 0.0621. The highest BCUT2D eigenvalue weighted by Gasteiger charge is 2.06. The number of non-ortho nitro benzene ring substituents is 1. The lowest BCUT2D eigenvalue weighted by Crippen LogP contribution is -1.99. The summed E-state index contributed by atoms with van der Waals surface area (Å²) in [6.07, 6.45) is 4.61. The van der Waals surface area contributed by atoms with Crippen LogP contribution in [0.1, 0.15) is 18.5 Å². The summed E-state index contributed by atoms with van der Waals surface area (Å²) in [5.74, 6) is 0. The van der Waals surface area contributed by atoms with Crippen molar-refractivity contribution in [2.45, 2.75) is 19.3 Å². The van der Waals surface area contributed by atoms with E-state index in [0.717, 1.165) is 30.6 Å². The monoisotopic (exact) mass is 261 g/mol. The van der Waals surface area contributed by atoms with Gasteiger partial charge in [0.1, 0.15) is 0 Å². The van der Waals surface area contributed by atoms with Crippen LogP contribution in [0.3, 0.4) is 0 Å². The van der Waals surface area contributed by atoms with E-state index in [2.05, 4.69) is 10.3 Å². The lowest BCUT2D eigenvalue weighted by atomic mass is 10.2. The maximum absolute atomic E-state index is 10.6. The summed E-state index contributed by atoms with van der Waals surface area (Å²) >= 11 is 0. The average molecular weight is 261 g/mol. The number of nitro groups is 1. The van der Waals surface area contributed by atoms with E-state index in [1.807, 2.05) is 6.20 Å². The molecule has 0 atom stereocenters. The molecule has 0 spiro atoms. The molecule has 7 nitrogen and oxygen atoms in total. The van der Waals surface area contributed by atoms with E-state index in [-0.39, 0.29) is 5.69 Å². The van der Waals surface area contributed by atoms with Gasteiger partial charge in [-0.05, 0) is 37.9 Å². The first-order valence-corrected chi connectivity index (χ1v) is 6.07. The highest BCUT2D eigenvalue weighted by molar-refractivity contribution is 5.40. The lowest BCUT2D eigenvalue weighted by Gasteiger charge is -1.98. The fourth-order valence-electron chi connectivity index (χ4n) is 1.72. The SMILES string of the molecule is NCCCCc1cn(-c2ccc([N+](=O)[O-])cc2)nn1. The van der Waals surface area contributed by atoms with Gasteiger partial charge >= 0.3 is 0 Å². The number of aryl methyl sites for hydroxylation is 1. The van der Waals surface area contributed by atoms with Crippen LogP contribution in [0, 0.1) is 10.1 Å². The summed E-state index contributed by atoms with van der Waals surface area (Å²) in [6, 6.07) is 6.20. The van der Waals surface area contributed by atoms with E-state index >= 15 is 0 Å². The average Bonchev–Trinajstić information content (AvgIpc) is 2.88. The molecule has 0 fully saturated rings. The smallest absolute Gasteiger partial charge is 0.269 e. The highest BCUT2D eigenvalue weighted by Crippen LogP contribution is 2.14. The van der Waals surface area contributed by atoms with Gasteiger partial charge in [-0.3, -0.25) is 10.1 Å². The van der Waals surface area contributed by atoms with E-state index in [4.69, 9.17) is 5.73 Å². The van der Waals surface area contributed by atoms with Gasteiger partial charge in [0.05, 0.1) is 22.5 Å². The Balaban J connectivity index is 2.07. The zero-order valence-corrected chi connectivity index (χ0v) is 10.4. The van der Waals surface area contributed by atoms with Gasteiger partial charge in [-0.15, -0.1) is 5.10 Å². The minimum Gasteiger partial charge on any atom is -0.330 e. The fourth-order valence-corrected chi connectivity index (χ4v) is 1.72. The van der Waals surface area contributed by atoms with Crippen molar-refractivity contribution in [1.82, 2.24) is 15.0 Å². The van der Waals surface area contributed by atoms with Crippen LogP contribution in [-0.2, 0) is 6.42 Å². The van der Waals surface area contributed by atoms with Gasteiger partial charge in [-0.1, -0.05) is 5.21 Å². The molecule has 0 aliphatic rings. The summed E-state index contributed by atoms with van der Waals surface area (Å²) in [7, 11) is 0. The highest BCUT2D eigenvalue weighted by atomic mass is 16.6. The van der Waals surface area contributed by atoms with E-state index in [1.54, 1.807) is 16.8 Å². The van der Waals surface area contributed by atoms with E-state index in [9.17, 15) is 10.1 Å². The van der Waals surface area contributed by atoms with Crippen LogP contribution in [0.25, 0.3) is 5.69 Å². The van der Waals surface area contributed by atoms with Gasteiger partial charge in [0, 0.05) is 12.1 Å². The number of nitrogens with two attached hydrogens (primary N) is 1. The van der Waals surface area contributed by atoms with Crippen LogP contribution in [0.5, 0.6) is 0 Å². The van der Waals surface area contributed by atoms with Crippen LogP contribution in [0.4, 0.5) is 5.69 Å². The van der Waals surface area contributed by atoms with Gasteiger partial charge in [0.25, 0.3) is 5.69 Å². The van der Waals surface area contributed by atoms with Gasteiger partial charge in [-0.25, -0.2) is 4.68 Å². The van der Waals surface area contributed by atoms with Crippen molar-refractivity contribution in [2.75, 3.05) is 6.54 Å². The molecule has 0 saturated heterocycles. The molecule has 1 aromatic carbocycles. The Morgan fingerprint density at radius 1 is 1.26 bits per heavy atom. The molecule has 0 aliphatic heterocycles. The Morgan fingerprint density at radius 2 is 2.00 bits per heavy atom. The number of nitro benzene ring substituents is 1. The molecule has 0 aliphatic carbocycles. The summed E-state index contributed by atoms with van der Waals surface area (Å²) in [6.45, 7) is 0.677. The predicted octanol–water partition coefficient (Wildman–Crippen LogP) is 1.46. The molecule has 100 valence electrons. The number of nitrogens with zero attached hydrogens (tertiary/aromatic N) is 4. The number of hydrogen-bond donors (Lipinski definition) is 1.